The standard InChI is InChI=1S/C21H30NO2/c1-22(2)17-10-11-18(22)15-19(14-17)24-20(23)21(12-6-7-13-21)16-8-4-3-5-9-16/h3-5,8-9,17-19H,6-7,10-15H2,1-2H3/q+1. The SMILES string of the molecule is C[N+]1(C)C2CCC1CC(OC(=O)C1(c3ccccc3)CCCC1)C2. The number of fused-ring (bicyclic) bond motifs is 2. The summed E-state index contributed by atoms with van der Waals surface area (Å²) in [4.78, 5) is 13.2. The van der Waals surface area contributed by atoms with E-state index in [1.165, 1.54) is 12.8 Å². The highest BCUT2D eigenvalue weighted by atomic mass is 16.5. The molecule has 0 amide bonds. The van der Waals surface area contributed by atoms with Crippen LogP contribution in [0.3, 0.4) is 0 Å². The number of quaternary nitrogens is 1. The van der Waals surface area contributed by atoms with Gasteiger partial charge in [-0.15, -0.1) is 0 Å². The van der Waals surface area contributed by atoms with Gasteiger partial charge in [0.05, 0.1) is 31.6 Å². The predicted molar refractivity (Wildman–Crippen MR) is 94.6 cm³/mol. The number of hydrogen-bond donors (Lipinski definition) is 0. The molecule has 2 bridgehead atoms. The maximum Gasteiger partial charge on any atom is 0.316 e. The van der Waals surface area contributed by atoms with Crippen LogP contribution in [-0.2, 0) is 14.9 Å². The van der Waals surface area contributed by atoms with E-state index in [-0.39, 0.29) is 17.5 Å². The zero-order chi connectivity index (χ0) is 16.8. The summed E-state index contributed by atoms with van der Waals surface area (Å²) in [6.45, 7) is 0. The van der Waals surface area contributed by atoms with Crippen molar-refractivity contribution in [2.75, 3.05) is 14.1 Å². The largest absolute Gasteiger partial charge is 0.461 e. The molecular formula is C21H30NO2+. The second-order valence-electron chi connectivity index (χ2n) is 8.67. The molecular weight excluding hydrogens is 298 g/mol. The number of esters is 1. The second-order valence-corrected chi connectivity index (χ2v) is 8.67. The molecule has 1 saturated carbocycles. The van der Waals surface area contributed by atoms with Crippen LogP contribution in [0.2, 0.25) is 0 Å². The highest BCUT2D eigenvalue weighted by Gasteiger charge is 2.51. The third-order valence-electron chi connectivity index (χ3n) is 7.23. The van der Waals surface area contributed by atoms with Crippen molar-refractivity contribution in [1.82, 2.24) is 0 Å². The smallest absolute Gasteiger partial charge is 0.316 e. The van der Waals surface area contributed by atoms with Gasteiger partial charge < -0.3 is 9.22 Å². The molecule has 2 unspecified atom stereocenters. The Morgan fingerprint density at radius 3 is 2.21 bits per heavy atom. The molecule has 3 fully saturated rings. The summed E-state index contributed by atoms with van der Waals surface area (Å²) >= 11 is 0. The van der Waals surface area contributed by atoms with E-state index in [1.54, 1.807) is 0 Å². The van der Waals surface area contributed by atoms with E-state index in [2.05, 4.69) is 26.2 Å². The van der Waals surface area contributed by atoms with Gasteiger partial charge in [-0.25, -0.2) is 0 Å². The molecule has 3 aliphatic rings. The topological polar surface area (TPSA) is 26.3 Å². The Labute approximate surface area is 145 Å². The minimum absolute atomic E-state index is 0.0443. The zero-order valence-electron chi connectivity index (χ0n) is 15.0. The molecule has 130 valence electrons. The number of benzene rings is 1. The number of piperidine rings is 1. The fraction of sp³-hybridized carbons (Fsp3) is 0.667. The van der Waals surface area contributed by atoms with Gasteiger partial charge in [-0.05, 0) is 18.4 Å². The van der Waals surface area contributed by atoms with Gasteiger partial charge in [0, 0.05) is 25.7 Å². The normalized spacial score (nSPS) is 33.3. The minimum Gasteiger partial charge on any atom is -0.461 e. The van der Waals surface area contributed by atoms with Gasteiger partial charge in [-0.2, -0.15) is 0 Å². The van der Waals surface area contributed by atoms with Crippen molar-refractivity contribution in [2.24, 2.45) is 0 Å². The van der Waals surface area contributed by atoms with Gasteiger partial charge in [0.1, 0.15) is 6.10 Å². The van der Waals surface area contributed by atoms with Crippen LogP contribution in [0, 0.1) is 0 Å². The molecule has 3 nitrogen and oxygen atoms in total. The van der Waals surface area contributed by atoms with Gasteiger partial charge in [0.2, 0.25) is 0 Å². The Bertz CT molecular complexity index is 588. The number of nitrogens with zero attached hydrogens (tertiary/aromatic N) is 1. The molecule has 1 aromatic rings. The Hall–Kier alpha value is -1.35. The lowest BCUT2D eigenvalue weighted by atomic mass is 9.79. The third-order valence-corrected chi connectivity index (χ3v) is 7.23. The second kappa shape index (κ2) is 5.87. The van der Waals surface area contributed by atoms with Crippen LogP contribution < -0.4 is 0 Å². The number of rotatable bonds is 3. The maximum atomic E-state index is 13.2. The molecule has 3 heteroatoms. The monoisotopic (exact) mass is 328 g/mol. The Morgan fingerprint density at radius 1 is 1.04 bits per heavy atom. The van der Waals surface area contributed by atoms with Gasteiger partial charge in [0.15, 0.2) is 0 Å². The molecule has 2 aliphatic heterocycles. The summed E-state index contributed by atoms with van der Waals surface area (Å²) in [5.74, 6) is 0.0443. The van der Waals surface area contributed by atoms with E-state index in [1.807, 2.05) is 18.2 Å². The average molecular weight is 328 g/mol. The van der Waals surface area contributed by atoms with Crippen molar-refractivity contribution >= 4 is 5.97 Å². The summed E-state index contributed by atoms with van der Waals surface area (Å²) < 4.78 is 7.28. The van der Waals surface area contributed by atoms with Gasteiger partial charge >= 0.3 is 5.97 Å². The molecule has 0 spiro atoms. The summed E-state index contributed by atoms with van der Waals surface area (Å²) in [7, 11) is 4.70. The Kier molecular flexibility index (Phi) is 3.95. The maximum absolute atomic E-state index is 13.2. The van der Waals surface area contributed by atoms with Gasteiger partial charge in [-0.3, -0.25) is 4.79 Å². The van der Waals surface area contributed by atoms with Crippen molar-refractivity contribution < 1.29 is 14.0 Å². The average Bonchev–Trinajstić information content (AvgIpc) is 3.09. The summed E-state index contributed by atoms with van der Waals surface area (Å²) in [5.41, 5.74) is 0.768. The summed E-state index contributed by atoms with van der Waals surface area (Å²) in [6.07, 6.45) is 8.93. The molecule has 0 N–H and O–H groups in total. The molecule has 2 saturated heterocycles. The van der Waals surface area contributed by atoms with E-state index < -0.39 is 0 Å². The number of carbonyl (C=O) groups is 1. The fourth-order valence-corrected chi connectivity index (χ4v) is 5.54. The summed E-state index contributed by atoms with van der Waals surface area (Å²) in [6, 6.07) is 11.7. The first-order chi connectivity index (χ1) is 11.5. The zero-order valence-corrected chi connectivity index (χ0v) is 15.0. The van der Waals surface area contributed by atoms with Crippen LogP contribution in [-0.4, -0.2) is 42.7 Å². The lowest BCUT2D eigenvalue weighted by Crippen LogP contribution is -2.56. The van der Waals surface area contributed by atoms with Crippen LogP contribution in [0.5, 0.6) is 0 Å². The molecule has 1 aliphatic carbocycles. The van der Waals surface area contributed by atoms with Crippen molar-refractivity contribution in [3.8, 4) is 0 Å². The van der Waals surface area contributed by atoms with E-state index in [0.717, 1.165) is 48.6 Å². The van der Waals surface area contributed by atoms with Crippen molar-refractivity contribution in [1.29, 1.82) is 0 Å². The first kappa shape index (κ1) is 16.1. The number of carbonyl (C=O) groups excluding carboxylic acids is 1. The van der Waals surface area contributed by atoms with Crippen LogP contribution in [0.1, 0.15) is 56.9 Å². The van der Waals surface area contributed by atoms with E-state index in [4.69, 9.17) is 4.74 Å². The van der Waals surface area contributed by atoms with Gasteiger partial charge in [-0.1, -0.05) is 43.2 Å². The first-order valence-electron chi connectivity index (χ1n) is 9.62. The lowest BCUT2D eigenvalue weighted by molar-refractivity contribution is -0.931. The molecule has 24 heavy (non-hydrogen) atoms. The van der Waals surface area contributed by atoms with Crippen LogP contribution in [0.25, 0.3) is 0 Å². The first-order valence-corrected chi connectivity index (χ1v) is 9.62. The Morgan fingerprint density at radius 2 is 1.62 bits per heavy atom. The summed E-state index contributed by atoms with van der Waals surface area (Å²) in [5, 5.41) is 0. The van der Waals surface area contributed by atoms with Gasteiger partial charge in [0.25, 0.3) is 0 Å². The van der Waals surface area contributed by atoms with Crippen molar-refractivity contribution in [2.45, 2.75) is 75.0 Å². The molecule has 4 rings (SSSR count). The van der Waals surface area contributed by atoms with Crippen LogP contribution >= 0.6 is 0 Å². The minimum atomic E-state index is -0.387. The van der Waals surface area contributed by atoms with Crippen molar-refractivity contribution in [3.05, 3.63) is 35.9 Å². The van der Waals surface area contributed by atoms with E-state index >= 15 is 0 Å². The predicted octanol–water partition coefficient (Wildman–Crippen LogP) is 3.81. The van der Waals surface area contributed by atoms with Crippen molar-refractivity contribution in [3.63, 3.8) is 0 Å². The van der Waals surface area contributed by atoms with E-state index in [9.17, 15) is 4.79 Å². The lowest BCUT2D eigenvalue weighted by Gasteiger charge is -2.44. The molecule has 2 atom stereocenters. The quantitative estimate of drug-likeness (QED) is 0.623. The molecule has 1 aromatic carbocycles. The fourth-order valence-electron chi connectivity index (χ4n) is 5.54. The molecule has 0 radical (unpaired) electrons. The number of hydrogen-bond acceptors (Lipinski definition) is 2. The van der Waals surface area contributed by atoms with Crippen LogP contribution in [0.4, 0.5) is 0 Å². The molecule has 2 heterocycles. The highest BCUT2D eigenvalue weighted by Crippen LogP contribution is 2.45. The molecule has 0 aromatic heterocycles. The van der Waals surface area contributed by atoms with Crippen LogP contribution in [0.15, 0.2) is 30.3 Å². The van der Waals surface area contributed by atoms with E-state index in [0.29, 0.717) is 12.1 Å². The highest BCUT2D eigenvalue weighted by molar-refractivity contribution is 5.83. The Balaban J connectivity index is 1.51. The third kappa shape index (κ3) is 2.48. The number of ether oxygens (including phenoxy) is 1.